The van der Waals surface area contributed by atoms with E-state index in [1.807, 2.05) is 60.7 Å². The summed E-state index contributed by atoms with van der Waals surface area (Å²) in [6.45, 7) is 5.41. The van der Waals surface area contributed by atoms with Gasteiger partial charge in [0.05, 0.1) is 0 Å². The molecule has 7 nitrogen and oxygen atoms in total. The minimum Gasteiger partial charge on any atom is -0.444 e. The van der Waals surface area contributed by atoms with E-state index in [1.165, 1.54) is 0 Å². The third-order valence-electron chi connectivity index (χ3n) is 3.58. The lowest BCUT2D eigenvalue weighted by molar-refractivity contribution is 0.0510. The van der Waals surface area contributed by atoms with Crippen LogP contribution in [0.3, 0.4) is 0 Å². The normalized spacial score (nSPS) is 12.3. The van der Waals surface area contributed by atoms with Gasteiger partial charge >= 0.3 is 6.09 Å². The van der Waals surface area contributed by atoms with E-state index in [1.54, 1.807) is 20.8 Å². The van der Waals surface area contributed by atoms with Crippen molar-refractivity contribution in [2.24, 2.45) is 0 Å². The van der Waals surface area contributed by atoms with Crippen LogP contribution >= 0.6 is 0 Å². The average molecular weight is 363 g/mol. The molecule has 0 saturated heterocycles. The number of alkyl carbamates (subject to hydrolysis) is 1. The molecule has 138 valence electrons. The van der Waals surface area contributed by atoms with E-state index in [9.17, 15) is 4.79 Å². The summed E-state index contributed by atoms with van der Waals surface area (Å²) in [4.78, 5) is 12.3. The van der Waals surface area contributed by atoms with Crippen LogP contribution in [0.4, 0.5) is 4.79 Å². The van der Waals surface area contributed by atoms with Crippen molar-refractivity contribution >= 4 is 6.09 Å². The molecular weight excluding hydrogens is 342 g/mol. The Labute approximate surface area is 157 Å². The number of rotatable bonds is 4. The van der Waals surface area contributed by atoms with Gasteiger partial charge in [-0.3, -0.25) is 0 Å². The van der Waals surface area contributed by atoms with Gasteiger partial charge in [0, 0.05) is 5.56 Å². The second-order valence-corrected chi connectivity index (χ2v) is 6.94. The molecule has 1 aromatic heterocycles. The van der Waals surface area contributed by atoms with Gasteiger partial charge in [0.1, 0.15) is 11.6 Å². The Bertz CT molecular complexity index is 878. The number of hydrogen-bond acceptors (Lipinski definition) is 6. The van der Waals surface area contributed by atoms with Gasteiger partial charge in [0.15, 0.2) is 5.82 Å². The molecule has 0 spiro atoms. The maximum absolute atomic E-state index is 12.3. The van der Waals surface area contributed by atoms with Crippen LogP contribution in [0, 0.1) is 0 Å². The van der Waals surface area contributed by atoms with Crippen LogP contribution in [0.1, 0.15) is 38.2 Å². The van der Waals surface area contributed by atoms with Crippen molar-refractivity contribution < 1.29 is 9.53 Å². The lowest BCUT2D eigenvalue weighted by atomic mass is 10.1. The fourth-order valence-electron chi connectivity index (χ4n) is 2.42. The molecule has 0 fully saturated rings. The number of hydrogen-bond donors (Lipinski definition) is 1. The number of benzene rings is 2. The topological polar surface area (TPSA) is 89.9 Å². The summed E-state index contributed by atoms with van der Waals surface area (Å²) < 4.78 is 5.36. The third kappa shape index (κ3) is 5.07. The van der Waals surface area contributed by atoms with E-state index in [0.717, 1.165) is 11.1 Å². The van der Waals surface area contributed by atoms with Gasteiger partial charge in [-0.05, 0) is 26.3 Å². The monoisotopic (exact) mass is 363 g/mol. The molecule has 0 aliphatic heterocycles. The lowest BCUT2D eigenvalue weighted by Gasteiger charge is -2.23. The lowest BCUT2D eigenvalue weighted by Crippen LogP contribution is -2.36. The standard InChI is InChI=1S/C20H21N5O2/c1-20(2,3)27-19(26)21-16(14-10-6-4-7-11-14)18-24-22-17(23-25-18)15-12-8-5-9-13-15/h4-13,16H,1-3H3,(H,21,26). The third-order valence-corrected chi connectivity index (χ3v) is 3.58. The molecule has 1 heterocycles. The second kappa shape index (κ2) is 7.90. The predicted octanol–water partition coefficient (Wildman–Crippen LogP) is 3.55. The van der Waals surface area contributed by atoms with Gasteiger partial charge < -0.3 is 10.1 Å². The Kier molecular flexibility index (Phi) is 5.40. The molecule has 0 radical (unpaired) electrons. The summed E-state index contributed by atoms with van der Waals surface area (Å²) >= 11 is 0. The first kappa shape index (κ1) is 18.4. The van der Waals surface area contributed by atoms with Gasteiger partial charge in [-0.25, -0.2) is 4.79 Å². The first-order chi connectivity index (χ1) is 12.9. The van der Waals surface area contributed by atoms with Crippen LogP contribution in [0.25, 0.3) is 11.4 Å². The number of carbonyl (C=O) groups excluding carboxylic acids is 1. The highest BCUT2D eigenvalue weighted by Gasteiger charge is 2.24. The van der Waals surface area contributed by atoms with Gasteiger partial charge in [-0.2, -0.15) is 0 Å². The Hall–Kier alpha value is -3.35. The molecule has 1 atom stereocenters. The van der Waals surface area contributed by atoms with Gasteiger partial charge in [0.25, 0.3) is 0 Å². The minimum absolute atomic E-state index is 0.284. The molecule has 0 aliphatic rings. The molecule has 1 N–H and O–H groups in total. The molecule has 3 aromatic rings. The summed E-state index contributed by atoms with van der Waals surface area (Å²) in [7, 11) is 0. The van der Waals surface area contributed by atoms with Crippen LogP contribution in [-0.4, -0.2) is 32.1 Å². The van der Waals surface area contributed by atoms with Crippen LogP contribution in [-0.2, 0) is 4.74 Å². The fourth-order valence-corrected chi connectivity index (χ4v) is 2.42. The Morgan fingerprint density at radius 1 is 0.889 bits per heavy atom. The van der Waals surface area contributed by atoms with E-state index in [-0.39, 0.29) is 5.82 Å². The predicted molar refractivity (Wildman–Crippen MR) is 101 cm³/mol. The van der Waals surface area contributed by atoms with Crippen molar-refractivity contribution in [1.29, 1.82) is 0 Å². The highest BCUT2D eigenvalue weighted by molar-refractivity contribution is 5.69. The Balaban J connectivity index is 1.88. The number of ether oxygens (including phenoxy) is 1. The summed E-state index contributed by atoms with van der Waals surface area (Å²) in [5, 5.41) is 19.5. The van der Waals surface area contributed by atoms with Crippen molar-refractivity contribution in [1.82, 2.24) is 25.7 Å². The van der Waals surface area contributed by atoms with Gasteiger partial charge in [0.2, 0.25) is 5.82 Å². The molecule has 7 heteroatoms. The largest absolute Gasteiger partial charge is 0.444 e. The number of carbonyl (C=O) groups is 1. The van der Waals surface area contributed by atoms with Crippen LogP contribution in [0.2, 0.25) is 0 Å². The number of nitrogens with zero attached hydrogens (tertiary/aromatic N) is 4. The molecule has 1 amide bonds. The number of amides is 1. The van der Waals surface area contributed by atoms with Crippen molar-refractivity contribution in [3.05, 3.63) is 72.1 Å². The first-order valence-electron chi connectivity index (χ1n) is 8.59. The van der Waals surface area contributed by atoms with E-state index in [0.29, 0.717) is 5.82 Å². The molecule has 27 heavy (non-hydrogen) atoms. The SMILES string of the molecule is CC(C)(C)OC(=O)NC(c1ccccc1)c1nnc(-c2ccccc2)nn1. The van der Waals surface area contributed by atoms with Gasteiger partial charge in [-0.15, -0.1) is 20.4 Å². The molecule has 0 bridgehead atoms. The van der Waals surface area contributed by atoms with Crippen LogP contribution in [0.5, 0.6) is 0 Å². The number of aromatic nitrogens is 4. The maximum atomic E-state index is 12.3. The van der Waals surface area contributed by atoms with Gasteiger partial charge in [-0.1, -0.05) is 60.7 Å². The van der Waals surface area contributed by atoms with E-state index >= 15 is 0 Å². The molecule has 1 unspecified atom stereocenters. The molecule has 0 saturated carbocycles. The first-order valence-corrected chi connectivity index (χ1v) is 8.59. The zero-order valence-electron chi connectivity index (χ0n) is 15.5. The minimum atomic E-state index is -0.620. The highest BCUT2D eigenvalue weighted by atomic mass is 16.6. The zero-order chi connectivity index (χ0) is 19.3. The molecular formula is C20H21N5O2. The summed E-state index contributed by atoms with van der Waals surface area (Å²) in [6, 6.07) is 18.2. The van der Waals surface area contributed by atoms with Crippen molar-refractivity contribution in [3.63, 3.8) is 0 Å². The molecule has 2 aromatic carbocycles. The fraction of sp³-hybridized carbons (Fsp3) is 0.250. The smallest absolute Gasteiger partial charge is 0.408 e. The van der Waals surface area contributed by atoms with E-state index < -0.39 is 17.7 Å². The maximum Gasteiger partial charge on any atom is 0.408 e. The number of nitrogens with one attached hydrogen (secondary N) is 1. The van der Waals surface area contributed by atoms with E-state index in [2.05, 4.69) is 25.7 Å². The summed E-state index contributed by atoms with van der Waals surface area (Å²) in [6.07, 6.45) is -0.563. The average Bonchev–Trinajstić information content (AvgIpc) is 2.66. The van der Waals surface area contributed by atoms with Crippen molar-refractivity contribution in [3.8, 4) is 11.4 Å². The summed E-state index contributed by atoms with van der Waals surface area (Å²) in [5.74, 6) is 0.704. The van der Waals surface area contributed by atoms with Crippen molar-refractivity contribution in [2.75, 3.05) is 0 Å². The van der Waals surface area contributed by atoms with E-state index in [4.69, 9.17) is 4.74 Å². The summed E-state index contributed by atoms with van der Waals surface area (Å²) in [5.41, 5.74) is 1.01. The zero-order valence-corrected chi connectivity index (χ0v) is 15.5. The van der Waals surface area contributed by atoms with Crippen LogP contribution in [0.15, 0.2) is 60.7 Å². The second-order valence-electron chi connectivity index (χ2n) is 6.94. The van der Waals surface area contributed by atoms with Crippen LogP contribution < -0.4 is 5.32 Å². The molecule has 3 rings (SSSR count). The highest BCUT2D eigenvalue weighted by Crippen LogP contribution is 2.20. The Morgan fingerprint density at radius 3 is 2.00 bits per heavy atom. The quantitative estimate of drug-likeness (QED) is 0.762. The van der Waals surface area contributed by atoms with Crippen molar-refractivity contribution in [2.45, 2.75) is 32.4 Å². The Morgan fingerprint density at radius 2 is 1.44 bits per heavy atom. The molecule has 0 aliphatic carbocycles.